The molecule has 148 valence electrons. The third-order valence-corrected chi connectivity index (χ3v) is 5.79. The lowest BCUT2D eigenvalue weighted by Gasteiger charge is -2.20. The molecule has 1 atom stereocenters. The Morgan fingerprint density at radius 3 is 2.14 bits per heavy atom. The van der Waals surface area contributed by atoms with Crippen LogP contribution in [0.25, 0.3) is 0 Å². The summed E-state index contributed by atoms with van der Waals surface area (Å²) < 4.78 is 33.8. The van der Waals surface area contributed by atoms with Crippen LogP contribution < -0.4 is 0 Å². The lowest BCUT2D eigenvalue weighted by Crippen LogP contribution is -2.37. The molecule has 8 heteroatoms. The molecule has 0 N–H and O–H groups in total. The van der Waals surface area contributed by atoms with Gasteiger partial charge in [-0.05, 0) is 11.1 Å². The lowest BCUT2D eigenvalue weighted by atomic mass is 10.1. The van der Waals surface area contributed by atoms with E-state index in [1.165, 1.54) is 0 Å². The second-order valence-corrected chi connectivity index (χ2v) is 8.65. The second kappa shape index (κ2) is 8.88. The van der Waals surface area contributed by atoms with Gasteiger partial charge >= 0.3 is 12.1 Å². The Morgan fingerprint density at radius 2 is 1.57 bits per heavy atom. The first-order chi connectivity index (χ1) is 13.4. The summed E-state index contributed by atoms with van der Waals surface area (Å²) >= 11 is 0. The highest BCUT2D eigenvalue weighted by atomic mass is 32.2. The van der Waals surface area contributed by atoms with Gasteiger partial charge in [0.15, 0.2) is 9.84 Å². The van der Waals surface area contributed by atoms with Crippen molar-refractivity contribution in [1.29, 1.82) is 0 Å². The summed E-state index contributed by atoms with van der Waals surface area (Å²) in [7, 11) is -3.29. The summed E-state index contributed by atoms with van der Waals surface area (Å²) in [5, 5.41) is 0. The van der Waals surface area contributed by atoms with Crippen molar-refractivity contribution < 1.29 is 27.5 Å². The van der Waals surface area contributed by atoms with Crippen LogP contribution >= 0.6 is 0 Å². The van der Waals surface area contributed by atoms with Gasteiger partial charge in [-0.1, -0.05) is 60.7 Å². The van der Waals surface area contributed by atoms with E-state index in [9.17, 15) is 18.0 Å². The van der Waals surface area contributed by atoms with Crippen molar-refractivity contribution in [2.75, 3.05) is 18.2 Å². The van der Waals surface area contributed by atoms with Gasteiger partial charge in [0, 0.05) is 13.0 Å². The van der Waals surface area contributed by atoms with Crippen molar-refractivity contribution in [3.63, 3.8) is 0 Å². The van der Waals surface area contributed by atoms with E-state index in [-0.39, 0.29) is 25.3 Å². The van der Waals surface area contributed by atoms with Gasteiger partial charge in [-0.3, -0.25) is 4.90 Å². The molecule has 1 saturated heterocycles. The fourth-order valence-corrected chi connectivity index (χ4v) is 4.12. The van der Waals surface area contributed by atoms with E-state index < -0.39 is 33.9 Å². The molecule has 1 heterocycles. The van der Waals surface area contributed by atoms with Gasteiger partial charge in [0.25, 0.3) is 0 Å². The number of carbonyl (C=O) groups excluding carboxylic acids is 2. The number of hydrogen-bond acceptors (Lipinski definition) is 6. The maximum Gasteiger partial charge on any atom is 0.411 e. The van der Waals surface area contributed by atoms with Gasteiger partial charge in [-0.25, -0.2) is 18.0 Å². The van der Waals surface area contributed by atoms with Gasteiger partial charge < -0.3 is 9.47 Å². The van der Waals surface area contributed by atoms with Crippen molar-refractivity contribution >= 4 is 21.9 Å². The maximum atomic E-state index is 12.6. The van der Waals surface area contributed by atoms with E-state index in [4.69, 9.17) is 9.47 Å². The first kappa shape index (κ1) is 19.9. The number of rotatable bonds is 6. The van der Waals surface area contributed by atoms with E-state index in [0.29, 0.717) is 0 Å². The summed E-state index contributed by atoms with van der Waals surface area (Å²) in [6.07, 6.45) is -1.86. The molecule has 1 amide bonds. The first-order valence-electron chi connectivity index (χ1n) is 8.83. The van der Waals surface area contributed by atoms with E-state index >= 15 is 0 Å². The van der Waals surface area contributed by atoms with Crippen molar-refractivity contribution in [3.05, 3.63) is 71.8 Å². The molecule has 0 saturated carbocycles. The minimum atomic E-state index is -3.29. The zero-order valence-electron chi connectivity index (χ0n) is 15.2. The van der Waals surface area contributed by atoms with Crippen LogP contribution in [0.2, 0.25) is 0 Å². The standard InChI is InChI=1S/C20H21NO6S/c22-19(26-14-17-9-5-2-6-10-17)18(13-16-7-3-1-4-8-16)27-20(23)21-11-12-28(24,25)15-21/h1-10,18H,11-15H2/t18-/m0/s1. The summed E-state index contributed by atoms with van der Waals surface area (Å²) in [6, 6.07) is 18.3. The highest BCUT2D eigenvalue weighted by Crippen LogP contribution is 2.14. The average molecular weight is 403 g/mol. The minimum Gasteiger partial charge on any atom is -0.458 e. The third kappa shape index (κ3) is 5.56. The number of carbonyl (C=O) groups is 2. The van der Waals surface area contributed by atoms with Gasteiger partial charge in [0.05, 0.1) is 5.75 Å². The van der Waals surface area contributed by atoms with Crippen LogP contribution in [-0.4, -0.2) is 49.7 Å². The summed E-state index contributed by atoms with van der Waals surface area (Å²) in [6.45, 7) is 0.110. The lowest BCUT2D eigenvalue weighted by molar-refractivity contribution is -0.155. The monoisotopic (exact) mass is 403 g/mol. The van der Waals surface area contributed by atoms with Crippen LogP contribution in [0.15, 0.2) is 60.7 Å². The smallest absolute Gasteiger partial charge is 0.411 e. The Bertz CT molecular complexity index is 914. The SMILES string of the molecule is O=C(OCc1ccccc1)[C@H](Cc1ccccc1)OC(=O)N1CCS(=O)(=O)C1. The fraction of sp³-hybridized carbons (Fsp3) is 0.300. The minimum absolute atomic E-state index is 0.0539. The summed E-state index contributed by atoms with van der Waals surface area (Å²) in [5.41, 5.74) is 1.61. The highest BCUT2D eigenvalue weighted by Gasteiger charge is 2.33. The molecular formula is C20H21NO6S. The molecule has 3 rings (SSSR count). The quantitative estimate of drug-likeness (QED) is 0.687. The Morgan fingerprint density at radius 1 is 0.964 bits per heavy atom. The van der Waals surface area contributed by atoms with Gasteiger partial charge in [-0.15, -0.1) is 0 Å². The van der Waals surface area contributed by atoms with Crippen LogP contribution in [0.3, 0.4) is 0 Å². The Labute approximate surface area is 163 Å². The predicted molar refractivity (Wildman–Crippen MR) is 102 cm³/mol. The van der Waals surface area contributed by atoms with Gasteiger partial charge in [0.1, 0.15) is 12.5 Å². The first-order valence-corrected chi connectivity index (χ1v) is 10.7. The summed E-state index contributed by atoms with van der Waals surface area (Å²) in [4.78, 5) is 26.0. The van der Waals surface area contributed by atoms with Crippen LogP contribution in [-0.2, 0) is 37.1 Å². The molecular weight excluding hydrogens is 382 g/mol. The molecule has 2 aromatic carbocycles. The van der Waals surface area contributed by atoms with Crippen LogP contribution in [0, 0.1) is 0 Å². The Hall–Kier alpha value is -2.87. The number of nitrogens with zero attached hydrogens (tertiary/aromatic N) is 1. The van der Waals surface area contributed by atoms with Gasteiger partial charge in [-0.2, -0.15) is 0 Å². The zero-order valence-corrected chi connectivity index (χ0v) is 16.0. The van der Waals surface area contributed by atoms with Crippen LogP contribution in [0.1, 0.15) is 11.1 Å². The van der Waals surface area contributed by atoms with Crippen molar-refractivity contribution in [3.8, 4) is 0 Å². The van der Waals surface area contributed by atoms with Crippen molar-refractivity contribution in [2.24, 2.45) is 0 Å². The number of hydrogen-bond donors (Lipinski definition) is 0. The molecule has 1 aliphatic rings. The number of amides is 1. The average Bonchev–Trinajstić information content (AvgIpc) is 3.07. The van der Waals surface area contributed by atoms with E-state index in [0.717, 1.165) is 16.0 Å². The molecule has 0 unspecified atom stereocenters. The number of sulfone groups is 1. The van der Waals surface area contributed by atoms with Crippen molar-refractivity contribution in [2.45, 2.75) is 19.1 Å². The molecule has 0 radical (unpaired) electrons. The molecule has 0 bridgehead atoms. The number of ether oxygens (including phenoxy) is 2. The van der Waals surface area contributed by atoms with Gasteiger partial charge in [0.2, 0.25) is 6.10 Å². The third-order valence-electron chi connectivity index (χ3n) is 4.28. The molecule has 7 nitrogen and oxygen atoms in total. The highest BCUT2D eigenvalue weighted by molar-refractivity contribution is 7.91. The number of esters is 1. The molecule has 28 heavy (non-hydrogen) atoms. The number of benzene rings is 2. The molecule has 0 spiro atoms. The second-order valence-electron chi connectivity index (χ2n) is 6.50. The van der Waals surface area contributed by atoms with E-state index in [1.807, 2.05) is 60.7 Å². The fourth-order valence-electron chi connectivity index (χ4n) is 2.78. The van der Waals surface area contributed by atoms with Crippen LogP contribution in [0.5, 0.6) is 0 Å². The van der Waals surface area contributed by atoms with E-state index in [2.05, 4.69) is 0 Å². The molecule has 2 aromatic rings. The molecule has 0 aliphatic carbocycles. The topological polar surface area (TPSA) is 90.0 Å². The normalized spacial score (nSPS) is 16.4. The van der Waals surface area contributed by atoms with E-state index in [1.54, 1.807) is 0 Å². The molecule has 0 aromatic heterocycles. The Kier molecular flexibility index (Phi) is 6.30. The summed E-state index contributed by atoms with van der Waals surface area (Å²) in [5.74, 6) is -1.18. The maximum absolute atomic E-state index is 12.6. The van der Waals surface area contributed by atoms with Crippen molar-refractivity contribution in [1.82, 2.24) is 4.90 Å². The largest absolute Gasteiger partial charge is 0.458 e. The molecule has 1 aliphatic heterocycles. The Balaban J connectivity index is 1.67. The predicted octanol–water partition coefficient (Wildman–Crippen LogP) is 2.17. The molecule has 1 fully saturated rings. The van der Waals surface area contributed by atoms with Crippen LogP contribution in [0.4, 0.5) is 4.79 Å². The zero-order chi connectivity index (χ0) is 20.0.